The predicted molar refractivity (Wildman–Crippen MR) is 88.4 cm³/mol. The molecule has 0 aromatic heterocycles. The number of alkyl halides is 2. The number of halogens is 2. The zero-order chi connectivity index (χ0) is 18.5. The van der Waals surface area contributed by atoms with Gasteiger partial charge < -0.3 is 9.47 Å². The van der Waals surface area contributed by atoms with Gasteiger partial charge in [0.2, 0.25) is 0 Å². The minimum atomic E-state index is -4.37. The van der Waals surface area contributed by atoms with E-state index in [1.807, 2.05) is 0 Å². The second-order valence-corrected chi connectivity index (χ2v) is 7.79. The maximum atomic E-state index is 13.9. The molecule has 1 aliphatic heterocycles. The molecule has 0 spiro atoms. The lowest BCUT2D eigenvalue weighted by Gasteiger charge is -2.25. The van der Waals surface area contributed by atoms with Gasteiger partial charge in [0.25, 0.3) is 16.0 Å². The van der Waals surface area contributed by atoms with E-state index in [0.29, 0.717) is 18.6 Å². The Labute approximate surface area is 147 Å². The molecule has 0 amide bonds. The third-order valence-electron chi connectivity index (χ3n) is 4.10. The van der Waals surface area contributed by atoms with Crippen molar-refractivity contribution in [2.45, 2.75) is 62.6 Å². The highest BCUT2D eigenvalue weighted by atomic mass is 32.2. The lowest BCUT2D eigenvalue weighted by molar-refractivity contribution is -0.201. The lowest BCUT2D eigenvalue weighted by Crippen LogP contribution is -2.30. The highest BCUT2D eigenvalue weighted by Gasteiger charge is 2.31. The molecule has 0 radical (unpaired) electrons. The molecule has 142 valence electrons. The van der Waals surface area contributed by atoms with Crippen LogP contribution < -0.4 is 0 Å². The Balaban J connectivity index is 1.87. The van der Waals surface area contributed by atoms with Crippen LogP contribution in [-0.4, -0.2) is 38.4 Å². The van der Waals surface area contributed by atoms with Crippen molar-refractivity contribution >= 4 is 10.1 Å². The van der Waals surface area contributed by atoms with Crippen molar-refractivity contribution in [2.24, 2.45) is 0 Å². The summed E-state index contributed by atoms with van der Waals surface area (Å²) in [5.41, 5.74) is 1.14. The Kier molecular flexibility index (Phi) is 6.90. The van der Waals surface area contributed by atoms with Gasteiger partial charge in [-0.25, -0.2) is 8.78 Å². The average Bonchev–Trinajstić information content (AvgIpc) is 2.53. The Morgan fingerprint density at radius 3 is 2.76 bits per heavy atom. The van der Waals surface area contributed by atoms with E-state index in [1.165, 1.54) is 6.07 Å². The quantitative estimate of drug-likeness (QED) is 0.698. The third-order valence-corrected chi connectivity index (χ3v) is 5.05. The van der Waals surface area contributed by atoms with Gasteiger partial charge in [-0.1, -0.05) is 17.7 Å². The largest absolute Gasteiger partial charge is 0.353 e. The first-order valence-corrected chi connectivity index (χ1v) is 9.79. The summed E-state index contributed by atoms with van der Waals surface area (Å²) in [4.78, 5) is -0.228. The van der Waals surface area contributed by atoms with Crippen molar-refractivity contribution in [2.75, 3.05) is 13.2 Å². The van der Waals surface area contributed by atoms with E-state index in [2.05, 4.69) is 0 Å². The van der Waals surface area contributed by atoms with Crippen LogP contribution >= 0.6 is 0 Å². The van der Waals surface area contributed by atoms with Gasteiger partial charge in [-0.15, -0.1) is 0 Å². The number of hydrogen-bond donors (Lipinski definition) is 1. The van der Waals surface area contributed by atoms with Crippen molar-refractivity contribution in [1.82, 2.24) is 0 Å². The van der Waals surface area contributed by atoms with Crippen molar-refractivity contribution in [3.63, 3.8) is 0 Å². The first-order valence-electron chi connectivity index (χ1n) is 8.35. The summed E-state index contributed by atoms with van der Waals surface area (Å²) in [7, 11) is -4.37. The van der Waals surface area contributed by atoms with Gasteiger partial charge in [-0.2, -0.15) is 8.42 Å². The van der Waals surface area contributed by atoms with Crippen LogP contribution in [0.2, 0.25) is 0 Å². The van der Waals surface area contributed by atoms with Gasteiger partial charge in [-0.05, 0) is 50.7 Å². The van der Waals surface area contributed by atoms with Crippen molar-refractivity contribution in [3.05, 3.63) is 29.3 Å². The SMILES string of the molecule is Cc1ccc(S(=O)(=O)O)c(CCCC(F)(F)COC2CCCCO2)c1. The zero-order valence-electron chi connectivity index (χ0n) is 14.2. The molecule has 1 fully saturated rings. The maximum absolute atomic E-state index is 13.9. The number of rotatable bonds is 8. The minimum Gasteiger partial charge on any atom is -0.353 e. The van der Waals surface area contributed by atoms with Gasteiger partial charge >= 0.3 is 0 Å². The molecule has 25 heavy (non-hydrogen) atoms. The number of hydrogen-bond acceptors (Lipinski definition) is 4. The van der Waals surface area contributed by atoms with Crippen LogP contribution in [0.5, 0.6) is 0 Å². The summed E-state index contributed by atoms with van der Waals surface area (Å²) in [5.74, 6) is -3.01. The fourth-order valence-electron chi connectivity index (χ4n) is 2.82. The molecule has 2 rings (SSSR count). The summed E-state index contributed by atoms with van der Waals surface area (Å²) in [5, 5.41) is 0. The van der Waals surface area contributed by atoms with Gasteiger partial charge in [0.15, 0.2) is 6.29 Å². The zero-order valence-corrected chi connectivity index (χ0v) is 15.0. The fourth-order valence-corrected chi connectivity index (χ4v) is 3.55. The van der Waals surface area contributed by atoms with Gasteiger partial charge in [0.1, 0.15) is 6.61 Å². The molecular weight excluding hydrogens is 354 g/mol. The first-order chi connectivity index (χ1) is 11.7. The predicted octanol–water partition coefficient (Wildman–Crippen LogP) is 3.74. The van der Waals surface area contributed by atoms with E-state index < -0.39 is 35.4 Å². The van der Waals surface area contributed by atoms with E-state index in [1.54, 1.807) is 19.1 Å². The number of aryl methyl sites for hydroxylation is 2. The van der Waals surface area contributed by atoms with E-state index in [9.17, 15) is 21.8 Å². The maximum Gasteiger partial charge on any atom is 0.294 e. The Morgan fingerprint density at radius 1 is 1.36 bits per heavy atom. The van der Waals surface area contributed by atoms with Crippen LogP contribution in [0.25, 0.3) is 0 Å². The lowest BCUT2D eigenvalue weighted by atomic mass is 10.0. The molecule has 0 aliphatic carbocycles. The topological polar surface area (TPSA) is 72.8 Å². The van der Waals surface area contributed by atoms with Crippen LogP contribution in [0.1, 0.15) is 43.2 Å². The second kappa shape index (κ2) is 8.53. The normalized spacial score (nSPS) is 19.1. The molecular formula is C17H24F2O5S. The smallest absolute Gasteiger partial charge is 0.294 e. The van der Waals surface area contributed by atoms with Crippen LogP contribution in [0.15, 0.2) is 23.1 Å². The first kappa shape index (κ1) is 20.2. The molecule has 1 unspecified atom stereocenters. The number of ether oxygens (including phenoxy) is 2. The van der Waals surface area contributed by atoms with Crippen LogP contribution in [0, 0.1) is 6.92 Å². The average molecular weight is 378 g/mol. The molecule has 0 bridgehead atoms. The molecule has 1 N–H and O–H groups in total. The standard InChI is InChI=1S/C17H24F2O5S/c1-13-7-8-15(25(20,21)22)14(11-13)5-4-9-17(18,19)12-24-16-6-2-3-10-23-16/h7-8,11,16H,2-6,9-10,12H2,1H3,(H,20,21,22). The van der Waals surface area contributed by atoms with Crippen LogP contribution in [0.3, 0.4) is 0 Å². The number of benzene rings is 1. The molecule has 1 saturated heterocycles. The molecule has 1 heterocycles. The molecule has 1 aromatic carbocycles. The Hall–Kier alpha value is -1.09. The van der Waals surface area contributed by atoms with Crippen molar-refractivity contribution < 1.29 is 31.2 Å². The second-order valence-electron chi connectivity index (χ2n) is 6.40. The summed E-state index contributed by atoms with van der Waals surface area (Å²) in [6.45, 7) is 1.59. The summed E-state index contributed by atoms with van der Waals surface area (Å²) < 4.78 is 70.3. The third kappa shape index (κ3) is 6.62. The van der Waals surface area contributed by atoms with E-state index >= 15 is 0 Å². The van der Waals surface area contributed by atoms with E-state index in [0.717, 1.165) is 18.4 Å². The van der Waals surface area contributed by atoms with E-state index in [4.69, 9.17) is 9.47 Å². The van der Waals surface area contributed by atoms with E-state index in [-0.39, 0.29) is 17.7 Å². The van der Waals surface area contributed by atoms with Crippen LogP contribution in [0.4, 0.5) is 8.78 Å². The van der Waals surface area contributed by atoms with Crippen LogP contribution in [-0.2, 0) is 26.0 Å². The molecule has 1 atom stereocenters. The minimum absolute atomic E-state index is 0.0772. The van der Waals surface area contributed by atoms with Gasteiger partial charge in [0.05, 0.1) is 4.90 Å². The Morgan fingerprint density at radius 2 is 2.12 bits per heavy atom. The van der Waals surface area contributed by atoms with Gasteiger partial charge in [0, 0.05) is 13.0 Å². The Bertz CT molecular complexity index is 670. The molecule has 5 nitrogen and oxygen atoms in total. The van der Waals surface area contributed by atoms with Gasteiger partial charge in [-0.3, -0.25) is 4.55 Å². The highest BCUT2D eigenvalue weighted by Crippen LogP contribution is 2.26. The van der Waals surface area contributed by atoms with Crippen molar-refractivity contribution in [1.29, 1.82) is 0 Å². The summed E-state index contributed by atoms with van der Waals surface area (Å²) in [6, 6.07) is 4.44. The molecule has 0 saturated carbocycles. The monoisotopic (exact) mass is 378 g/mol. The molecule has 8 heteroatoms. The highest BCUT2D eigenvalue weighted by molar-refractivity contribution is 7.85. The fraction of sp³-hybridized carbons (Fsp3) is 0.647. The van der Waals surface area contributed by atoms with Crippen molar-refractivity contribution in [3.8, 4) is 0 Å². The molecule has 1 aromatic rings. The molecule has 1 aliphatic rings. The summed E-state index contributed by atoms with van der Waals surface area (Å²) >= 11 is 0. The summed E-state index contributed by atoms with van der Waals surface area (Å²) in [6.07, 6.45) is 1.66.